The fraction of sp³-hybridized carbons (Fsp3) is 0.259. The van der Waals surface area contributed by atoms with Crippen molar-refractivity contribution in [2.45, 2.75) is 45.4 Å². The van der Waals surface area contributed by atoms with Gasteiger partial charge in [0.15, 0.2) is 0 Å². The molecule has 2 aromatic heterocycles. The summed E-state index contributed by atoms with van der Waals surface area (Å²) >= 11 is 0. The lowest BCUT2D eigenvalue weighted by molar-refractivity contribution is 0.400. The van der Waals surface area contributed by atoms with E-state index in [1.165, 1.54) is 30.4 Å². The molecule has 0 amide bonds. The van der Waals surface area contributed by atoms with Gasteiger partial charge in [-0.2, -0.15) is 0 Å². The molecular weight excluding hydrogens is 380 g/mol. The van der Waals surface area contributed by atoms with Crippen LogP contribution in [0.15, 0.2) is 67.5 Å². The molecule has 0 spiro atoms. The zero-order valence-corrected chi connectivity index (χ0v) is 18.4. The third-order valence-corrected chi connectivity index (χ3v) is 6.02. The van der Waals surface area contributed by atoms with Gasteiger partial charge in [-0.25, -0.2) is 9.97 Å². The molecule has 4 nitrogen and oxygen atoms in total. The lowest BCUT2D eigenvalue weighted by Gasteiger charge is -2.23. The highest BCUT2D eigenvalue weighted by Crippen LogP contribution is 2.39. The third kappa shape index (κ3) is 4.24. The van der Waals surface area contributed by atoms with Gasteiger partial charge in [0.05, 0.1) is 0 Å². The maximum atomic E-state index is 6.23. The number of hydrogen-bond acceptors (Lipinski definition) is 3. The minimum atomic E-state index is 0.533. The van der Waals surface area contributed by atoms with Gasteiger partial charge in [-0.1, -0.05) is 80.1 Å². The molecule has 2 aromatic carbocycles. The summed E-state index contributed by atoms with van der Waals surface area (Å²) < 4.78 is 2.14. The van der Waals surface area contributed by atoms with Crippen molar-refractivity contribution in [2.75, 3.05) is 5.73 Å². The molecule has 2 heterocycles. The van der Waals surface area contributed by atoms with Crippen molar-refractivity contribution in [1.82, 2.24) is 14.4 Å². The van der Waals surface area contributed by atoms with Gasteiger partial charge in [0.25, 0.3) is 0 Å². The number of nitrogen functional groups attached to an aromatic ring is 1. The summed E-state index contributed by atoms with van der Waals surface area (Å²) in [6, 6.07) is 16.7. The van der Waals surface area contributed by atoms with Crippen LogP contribution in [0, 0.1) is 6.92 Å². The summed E-state index contributed by atoms with van der Waals surface area (Å²) in [4.78, 5) is 9.32. The van der Waals surface area contributed by atoms with E-state index in [-0.39, 0.29) is 0 Å². The number of imidazole rings is 1. The predicted octanol–water partition coefficient (Wildman–Crippen LogP) is 6.45. The average Bonchev–Trinajstić information content (AvgIpc) is 3.13. The highest BCUT2D eigenvalue weighted by molar-refractivity contribution is 5.87. The van der Waals surface area contributed by atoms with E-state index < -0.39 is 0 Å². The van der Waals surface area contributed by atoms with E-state index in [0.29, 0.717) is 11.7 Å². The average molecular weight is 411 g/mol. The van der Waals surface area contributed by atoms with Crippen molar-refractivity contribution in [1.29, 1.82) is 0 Å². The lowest BCUT2D eigenvalue weighted by Crippen LogP contribution is -2.12. The van der Waals surface area contributed by atoms with E-state index in [0.717, 1.165) is 34.6 Å². The molecule has 2 N–H and O–H groups in total. The molecular formula is C27H30N4. The lowest BCUT2D eigenvalue weighted by atomic mass is 9.85. The molecule has 0 atom stereocenters. The van der Waals surface area contributed by atoms with Crippen molar-refractivity contribution in [2.24, 2.45) is 0 Å². The Morgan fingerprint density at radius 1 is 1.16 bits per heavy atom. The van der Waals surface area contributed by atoms with E-state index in [1.807, 2.05) is 30.5 Å². The van der Waals surface area contributed by atoms with Crippen LogP contribution in [0.3, 0.4) is 0 Å². The first-order valence-corrected chi connectivity index (χ1v) is 11.0. The Kier molecular flexibility index (Phi) is 6.17. The number of nitrogens with two attached hydrogens (primary N) is 1. The van der Waals surface area contributed by atoms with Gasteiger partial charge in [-0.15, -0.1) is 0 Å². The maximum Gasteiger partial charge on any atom is 0.150 e. The highest BCUT2D eigenvalue weighted by Gasteiger charge is 2.27. The summed E-state index contributed by atoms with van der Waals surface area (Å²) in [5, 5.41) is 0. The van der Waals surface area contributed by atoms with Crippen molar-refractivity contribution < 1.29 is 0 Å². The van der Waals surface area contributed by atoms with Crippen molar-refractivity contribution in [3.8, 4) is 11.3 Å². The second-order valence-electron chi connectivity index (χ2n) is 8.11. The van der Waals surface area contributed by atoms with Crippen LogP contribution in [-0.2, 0) is 6.42 Å². The minimum absolute atomic E-state index is 0.533. The van der Waals surface area contributed by atoms with E-state index in [9.17, 15) is 0 Å². The molecule has 0 saturated heterocycles. The quantitative estimate of drug-likeness (QED) is 0.421. The van der Waals surface area contributed by atoms with Crippen LogP contribution in [0.5, 0.6) is 0 Å². The van der Waals surface area contributed by atoms with Crippen LogP contribution in [0.4, 0.5) is 5.82 Å². The summed E-state index contributed by atoms with van der Waals surface area (Å²) in [6.07, 6.45) is 10.3. The van der Waals surface area contributed by atoms with Crippen LogP contribution in [0.1, 0.15) is 54.6 Å². The first-order valence-electron chi connectivity index (χ1n) is 11.0. The zero-order valence-electron chi connectivity index (χ0n) is 18.4. The Hall–Kier alpha value is -3.40. The molecule has 1 aliphatic carbocycles. The smallest absolute Gasteiger partial charge is 0.150 e. The molecule has 31 heavy (non-hydrogen) atoms. The summed E-state index contributed by atoms with van der Waals surface area (Å²) in [6.45, 7) is 8.12. The Morgan fingerprint density at radius 3 is 2.52 bits per heavy atom. The van der Waals surface area contributed by atoms with E-state index in [4.69, 9.17) is 10.7 Å². The second kappa shape index (κ2) is 9.17. The number of hydrogen-bond donors (Lipinski definition) is 1. The number of aryl methyl sites for hydroxylation is 2. The van der Waals surface area contributed by atoms with Gasteiger partial charge in [-0.3, -0.25) is 4.40 Å². The fourth-order valence-corrected chi connectivity index (χ4v) is 4.03. The molecule has 4 aromatic rings. The maximum absolute atomic E-state index is 6.23. The molecule has 1 fully saturated rings. The van der Waals surface area contributed by atoms with Crippen LogP contribution in [0.2, 0.25) is 0 Å². The van der Waals surface area contributed by atoms with Gasteiger partial charge < -0.3 is 5.73 Å². The van der Waals surface area contributed by atoms with Crippen molar-refractivity contribution in [3.05, 3.63) is 90.0 Å². The Balaban J connectivity index is 0.000000282. The van der Waals surface area contributed by atoms with Gasteiger partial charge in [-0.05, 0) is 37.3 Å². The van der Waals surface area contributed by atoms with Crippen molar-refractivity contribution >= 4 is 17.4 Å². The van der Waals surface area contributed by atoms with Gasteiger partial charge in [0, 0.05) is 23.9 Å². The topological polar surface area (TPSA) is 56.2 Å². The summed E-state index contributed by atoms with van der Waals surface area (Å²) in [7, 11) is 0. The molecule has 1 saturated carbocycles. The zero-order chi connectivity index (χ0) is 21.8. The number of anilines is 1. The Morgan fingerprint density at radius 2 is 1.94 bits per heavy atom. The van der Waals surface area contributed by atoms with E-state index >= 15 is 0 Å². The molecule has 0 unspecified atom stereocenters. The number of benzene rings is 2. The molecule has 0 bridgehead atoms. The first-order chi connectivity index (χ1) is 15.1. The normalized spacial score (nSPS) is 13.4. The fourth-order valence-electron chi connectivity index (χ4n) is 4.03. The Labute approximate surface area is 184 Å². The van der Waals surface area contributed by atoms with Gasteiger partial charge in [0.1, 0.15) is 22.9 Å². The molecule has 0 aliphatic heterocycles. The number of aromatic nitrogens is 3. The molecule has 158 valence electrons. The molecule has 1 aliphatic rings. The Bertz CT molecular complexity index is 1190. The van der Waals surface area contributed by atoms with Crippen LogP contribution < -0.4 is 5.73 Å². The summed E-state index contributed by atoms with van der Waals surface area (Å²) in [5.41, 5.74) is 13.0. The first kappa shape index (κ1) is 20.9. The van der Waals surface area contributed by atoms with Crippen molar-refractivity contribution in [3.63, 3.8) is 0 Å². The third-order valence-electron chi connectivity index (χ3n) is 6.02. The van der Waals surface area contributed by atoms with Crippen LogP contribution in [0.25, 0.3) is 22.9 Å². The second-order valence-corrected chi connectivity index (χ2v) is 8.11. The molecule has 5 rings (SSSR count). The largest absolute Gasteiger partial charge is 0.382 e. The predicted molar refractivity (Wildman–Crippen MR) is 130 cm³/mol. The molecule has 0 radical (unpaired) electrons. The van der Waals surface area contributed by atoms with Gasteiger partial charge in [0.2, 0.25) is 0 Å². The van der Waals surface area contributed by atoms with Gasteiger partial charge >= 0.3 is 0 Å². The molecule has 4 heteroatoms. The van der Waals surface area contributed by atoms with Crippen LogP contribution in [-0.4, -0.2) is 14.4 Å². The standard InChI is InChI=1S/C20H22N4.C7H8/c1-3-13-8-9-16(14(4-2)12-13)17-18-19(21)22-10-11-24(18)20(23-17)15-6-5-7-15;1-7-5-3-2-4-6-7/h3,8-12,15H,1,4-7H2,2H3,(H2,21,22);2-6H,1H3. The SMILES string of the molecule is C=Cc1ccc(-c2nc(C3CCC3)n3ccnc(N)c23)c(CC)c1.Cc1ccccc1. The summed E-state index contributed by atoms with van der Waals surface area (Å²) in [5.74, 6) is 2.20. The minimum Gasteiger partial charge on any atom is -0.382 e. The van der Waals surface area contributed by atoms with E-state index in [1.54, 1.807) is 6.20 Å². The number of nitrogens with zero attached hydrogens (tertiary/aromatic N) is 3. The number of rotatable bonds is 4. The number of fused-ring (bicyclic) bond motifs is 1. The van der Waals surface area contributed by atoms with Crippen LogP contribution >= 0.6 is 0 Å². The van der Waals surface area contributed by atoms with E-state index in [2.05, 4.69) is 60.1 Å². The monoisotopic (exact) mass is 410 g/mol. The highest BCUT2D eigenvalue weighted by atomic mass is 15.1.